The Morgan fingerprint density at radius 2 is 1.93 bits per heavy atom. The number of rotatable bonds is 16. The van der Waals surface area contributed by atoms with E-state index in [0.717, 1.165) is 31.4 Å². The molecule has 224 valence electrons. The first-order chi connectivity index (χ1) is 19.4. The molecule has 0 aliphatic heterocycles. The van der Waals surface area contributed by atoms with E-state index in [1.807, 2.05) is 13.8 Å². The SMILES string of the molecule is CCCCC[C@@H](C(=O)NCNC(=O)c1ccc(-c2cc(OCC)cc(C(F)(F)C(=O)O)c2)o1)C1(N(O)C=O)C[C@H]1C. The van der Waals surface area contributed by atoms with Crippen LogP contribution >= 0.6 is 0 Å². The quantitative estimate of drug-likeness (QED) is 0.0759. The summed E-state index contributed by atoms with van der Waals surface area (Å²) in [5.74, 6) is -8.57. The van der Waals surface area contributed by atoms with Crippen molar-refractivity contribution in [3.8, 4) is 17.1 Å². The van der Waals surface area contributed by atoms with Gasteiger partial charge in [-0.2, -0.15) is 8.78 Å². The molecule has 13 heteroatoms. The monoisotopic (exact) mass is 579 g/mol. The van der Waals surface area contributed by atoms with Crippen LogP contribution in [0, 0.1) is 11.8 Å². The van der Waals surface area contributed by atoms with Crippen molar-refractivity contribution >= 4 is 24.2 Å². The maximum atomic E-state index is 14.2. The van der Waals surface area contributed by atoms with Gasteiger partial charge in [-0.25, -0.2) is 9.86 Å². The lowest BCUT2D eigenvalue weighted by Crippen LogP contribution is -2.50. The summed E-state index contributed by atoms with van der Waals surface area (Å²) < 4.78 is 39.3. The number of ether oxygens (including phenoxy) is 1. The van der Waals surface area contributed by atoms with Crippen LogP contribution in [0.5, 0.6) is 5.75 Å². The van der Waals surface area contributed by atoms with Crippen molar-refractivity contribution in [3.63, 3.8) is 0 Å². The van der Waals surface area contributed by atoms with Crippen molar-refractivity contribution < 1.29 is 47.4 Å². The fourth-order valence-corrected chi connectivity index (χ4v) is 5.03. The van der Waals surface area contributed by atoms with Crippen LogP contribution in [0.2, 0.25) is 0 Å². The van der Waals surface area contributed by atoms with Crippen LogP contribution in [0.3, 0.4) is 0 Å². The number of amides is 3. The minimum Gasteiger partial charge on any atom is -0.494 e. The van der Waals surface area contributed by atoms with Crippen LogP contribution in [-0.2, 0) is 20.3 Å². The summed E-state index contributed by atoms with van der Waals surface area (Å²) in [5, 5.41) is 24.9. The van der Waals surface area contributed by atoms with Crippen molar-refractivity contribution in [1.82, 2.24) is 15.7 Å². The smallest absolute Gasteiger partial charge is 0.379 e. The Kier molecular flexibility index (Phi) is 10.1. The van der Waals surface area contributed by atoms with E-state index in [1.54, 1.807) is 6.92 Å². The maximum Gasteiger partial charge on any atom is 0.379 e. The highest BCUT2D eigenvalue weighted by Crippen LogP contribution is 2.54. The van der Waals surface area contributed by atoms with Gasteiger partial charge in [0.2, 0.25) is 12.3 Å². The summed E-state index contributed by atoms with van der Waals surface area (Å²) in [7, 11) is 0. The largest absolute Gasteiger partial charge is 0.494 e. The van der Waals surface area contributed by atoms with Gasteiger partial charge >= 0.3 is 11.9 Å². The Morgan fingerprint density at radius 1 is 1.22 bits per heavy atom. The molecule has 1 aromatic carbocycles. The summed E-state index contributed by atoms with van der Waals surface area (Å²) in [4.78, 5) is 48.2. The number of benzene rings is 1. The average Bonchev–Trinajstić information content (AvgIpc) is 3.36. The standard InChI is InChI=1S/C28H35F2N3O8/c1-4-6-7-8-21(27(14-17(27)3)33(39)16-34)24(35)31-15-32-25(36)23-10-9-22(41-23)18-11-19(28(29,30)26(37)38)13-20(12-18)40-5-2/h9-13,16-17,21,39H,4-8,14-15H2,1-3H3,(H,31,35)(H,32,36)(H,37,38)/t17-,21+,27?/m1/s1. The van der Waals surface area contributed by atoms with Crippen LogP contribution in [0.25, 0.3) is 11.3 Å². The third-order valence-electron chi connectivity index (χ3n) is 7.34. The number of furan rings is 1. The van der Waals surface area contributed by atoms with Crippen LogP contribution < -0.4 is 15.4 Å². The zero-order valence-corrected chi connectivity index (χ0v) is 23.1. The van der Waals surface area contributed by atoms with Crippen LogP contribution in [0.15, 0.2) is 34.7 Å². The summed E-state index contributed by atoms with van der Waals surface area (Å²) in [6.45, 7) is 5.37. The highest BCUT2D eigenvalue weighted by atomic mass is 19.3. The van der Waals surface area contributed by atoms with Gasteiger partial charge in [0.05, 0.1) is 24.7 Å². The number of nitrogens with one attached hydrogen (secondary N) is 2. The molecule has 1 aliphatic rings. The Balaban J connectivity index is 1.70. The molecule has 1 fully saturated rings. The first kappa shape index (κ1) is 31.5. The van der Waals surface area contributed by atoms with Gasteiger partial charge in [0, 0.05) is 11.1 Å². The zero-order chi connectivity index (χ0) is 30.4. The number of carboxylic acids is 1. The number of carboxylic acid groups (broad SMARTS) is 1. The average molecular weight is 580 g/mol. The van der Waals surface area contributed by atoms with E-state index in [1.165, 1.54) is 18.2 Å². The van der Waals surface area contributed by atoms with Crippen molar-refractivity contribution in [3.05, 3.63) is 41.7 Å². The molecular formula is C28H35F2N3O8. The number of alkyl halides is 2. The zero-order valence-electron chi connectivity index (χ0n) is 23.1. The first-order valence-electron chi connectivity index (χ1n) is 13.4. The molecule has 0 radical (unpaired) electrons. The van der Waals surface area contributed by atoms with Gasteiger partial charge < -0.3 is 24.9 Å². The summed E-state index contributed by atoms with van der Waals surface area (Å²) in [6, 6.07) is 5.90. The predicted octanol–water partition coefficient (Wildman–Crippen LogP) is 4.15. The number of hydrogen-bond acceptors (Lipinski definition) is 7. The molecule has 2 aromatic rings. The Bertz CT molecular complexity index is 1270. The lowest BCUT2D eigenvalue weighted by molar-refractivity contribution is -0.175. The third-order valence-corrected chi connectivity index (χ3v) is 7.34. The number of hydrogen-bond donors (Lipinski definition) is 4. The molecule has 1 heterocycles. The van der Waals surface area contributed by atoms with Gasteiger partial charge in [0.25, 0.3) is 5.91 Å². The Morgan fingerprint density at radius 3 is 2.51 bits per heavy atom. The molecule has 1 aliphatic carbocycles. The fraction of sp³-hybridized carbons (Fsp3) is 0.500. The molecule has 41 heavy (non-hydrogen) atoms. The van der Waals surface area contributed by atoms with E-state index in [0.29, 0.717) is 24.3 Å². The second kappa shape index (κ2) is 13.1. The van der Waals surface area contributed by atoms with Crippen molar-refractivity contribution in [2.75, 3.05) is 13.3 Å². The molecule has 3 amide bonds. The molecule has 1 unspecified atom stereocenters. The van der Waals surface area contributed by atoms with Gasteiger partial charge in [-0.05, 0) is 56.0 Å². The fourth-order valence-electron chi connectivity index (χ4n) is 5.03. The van der Waals surface area contributed by atoms with E-state index in [2.05, 4.69) is 10.6 Å². The number of nitrogens with zero attached hydrogens (tertiary/aromatic N) is 1. The Hall–Kier alpha value is -4.00. The van der Waals surface area contributed by atoms with E-state index in [4.69, 9.17) is 14.3 Å². The molecule has 3 atom stereocenters. The minimum absolute atomic E-state index is 0.00157. The van der Waals surface area contributed by atoms with Gasteiger partial charge in [0.1, 0.15) is 11.5 Å². The molecule has 3 rings (SSSR count). The molecule has 1 saturated carbocycles. The van der Waals surface area contributed by atoms with Gasteiger partial charge in [0.15, 0.2) is 5.76 Å². The number of hydroxylamine groups is 2. The highest BCUT2D eigenvalue weighted by Gasteiger charge is 2.62. The lowest BCUT2D eigenvalue weighted by atomic mass is 9.88. The van der Waals surface area contributed by atoms with Crippen molar-refractivity contribution in [2.24, 2.45) is 11.8 Å². The molecule has 1 aromatic heterocycles. The molecule has 0 bridgehead atoms. The second-order valence-electron chi connectivity index (χ2n) is 10.0. The third kappa shape index (κ3) is 6.84. The second-order valence-corrected chi connectivity index (χ2v) is 10.0. The van der Waals surface area contributed by atoms with Crippen LogP contribution in [0.1, 0.15) is 69.0 Å². The summed E-state index contributed by atoms with van der Waals surface area (Å²) in [5.41, 5.74) is -1.74. The number of aliphatic carboxylic acids is 1. The maximum absolute atomic E-state index is 14.2. The molecular weight excluding hydrogens is 544 g/mol. The minimum atomic E-state index is -4.18. The van der Waals surface area contributed by atoms with Gasteiger partial charge in [-0.1, -0.05) is 33.1 Å². The number of halogens is 2. The van der Waals surface area contributed by atoms with Gasteiger partial charge in [-0.15, -0.1) is 0 Å². The highest BCUT2D eigenvalue weighted by molar-refractivity contribution is 5.92. The molecule has 4 N–H and O–H groups in total. The van der Waals surface area contributed by atoms with Crippen molar-refractivity contribution in [1.29, 1.82) is 0 Å². The molecule has 0 saturated heterocycles. The summed E-state index contributed by atoms with van der Waals surface area (Å²) >= 11 is 0. The van der Waals surface area contributed by atoms with E-state index in [-0.39, 0.29) is 42.0 Å². The van der Waals surface area contributed by atoms with Crippen LogP contribution in [-0.4, -0.2) is 58.4 Å². The van der Waals surface area contributed by atoms with E-state index < -0.39 is 40.7 Å². The first-order valence-corrected chi connectivity index (χ1v) is 13.4. The topological polar surface area (TPSA) is 158 Å². The number of carbonyl (C=O) groups is 4. The normalized spacial score (nSPS) is 18.7. The summed E-state index contributed by atoms with van der Waals surface area (Å²) in [6.07, 6.45) is 3.75. The molecule has 0 spiro atoms. The van der Waals surface area contributed by atoms with E-state index in [9.17, 15) is 33.2 Å². The Labute approximate surface area is 235 Å². The number of carbonyl (C=O) groups excluding carboxylic acids is 3. The predicted molar refractivity (Wildman–Crippen MR) is 141 cm³/mol. The lowest BCUT2D eigenvalue weighted by Gasteiger charge is -2.31. The molecule has 11 nitrogen and oxygen atoms in total. The van der Waals surface area contributed by atoms with Crippen molar-refractivity contribution in [2.45, 2.75) is 64.3 Å². The number of unbranched alkanes of at least 4 members (excludes halogenated alkanes) is 2. The van der Waals surface area contributed by atoms with E-state index >= 15 is 0 Å². The van der Waals surface area contributed by atoms with Crippen LogP contribution in [0.4, 0.5) is 8.78 Å². The van der Waals surface area contributed by atoms with Gasteiger partial charge in [-0.3, -0.25) is 19.6 Å².